The van der Waals surface area contributed by atoms with Crippen LogP contribution in [0.1, 0.15) is 26.2 Å². The molecule has 0 spiro atoms. The minimum Gasteiger partial charge on any atom is -0.481 e. The predicted molar refractivity (Wildman–Crippen MR) is 66.2 cm³/mol. The number of hydrogen-bond donors (Lipinski definition) is 3. The van der Waals surface area contributed by atoms with Crippen molar-refractivity contribution in [1.82, 2.24) is 15.5 Å². The van der Waals surface area contributed by atoms with Crippen molar-refractivity contribution in [1.29, 1.82) is 0 Å². The molecule has 0 aliphatic rings. The van der Waals surface area contributed by atoms with E-state index in [0.717, 1.165) is 0 Å². The second kappa shape index (κ2) is 8.32. The number of likely N-dealkylation sites (N-methyl/N-ethyl adjacent to an activating group) is 2. The second-order valence-electron chi connectivity index (χ2n) is 4.17. The zero-order valence-corrected chi connectivity index (χ0v) is 11.0. The predicted octanol–water partition coefficient (Wildman–Crippen LogP) is 0.0172. The van der Waals surface area contributed by atoms with Crippen LogP contribution in [0.25, 0.3) is 0 Å². The van der Waals surface area contributed by atoms with Gasteiger partial charge in [-0.2, -0.15) is 0 Å². The van der Waals surface area contributed by atoms with E-state index in [1.165, 1.54) is 19.0 Å². The number of hydrogen-bond acceptors (Lipinski definition) is 3. The van der Waals surface area contributed by atoms with Gasteiger partial charge in [0.2, 0.25) is 5.91 Å². The molecule has 0 aliphatic heterocycles. The molecule has 0 aliphatic carbocycles. The first-order chi connectivity index (χ1) is 8.36. The summed E-state index contributed by atoms with van der Waals surface area (Å²) >= 11 is 0. The van der Waals surface area contributed by atoms with Crippen molar-refractivity contribution in [3.05, 3.63) is 0 Å². The summed E-state index contributed by atoms with van der Waals surface area (Å²) in [6, 6.07) is -0.467. The Labute approximate surface area is 107 Å². The zero-order chi connectivity index (χ0) is 14.1. The molecule has 0 saturated carbocycles. The summed E-state index contributed by atoms with van der Waals surface area (Å²) in [7, 11) is 3.02. The van der Waals surface area contributed by atoms with Gasteiger partial charge in [-0.25, -0.2) is 4.79 Å². The molecule has 0 aromatic carbocycles. The van der Waals surface area contributed by atoms with Crippen molar-refractivity contribution in [2.45, 2.75) is 32.2 Å². The van der Waals surface area contributed by atoms with E-state index in [2.05, 4.69) is 10.6 Å². The van der Waals surface area contributed by atoms with E-state index in [9.17, 15) is 14.4 Å². The first kappa shape index (κ1) is 16.2. The van der Waals surface area contributed by atoms with Crippen LogP contribution in [0.5, 0.6) is 0 Å². The number of aliphatic carboxylic acids is 1. The average Bonchev–Trinajstić information content (AvgIpc) is 2.27. The Balaban J connectivity index is 3.91. The summed E-state index contributed by atoms with van der Waals surface area (Å²) in [6.45, 7) is 1.79. The summed E-state index contributed by atoms with van der Waals surface area (Å²) in [6.07, 6.45) is 1.19. The molecular formula is C11H21N3O4. The van der Waals surface area contributed by atoms with Crippen molar-refractivity contribution < 1.29 is 19.5 Å². The van der Waals surface area contributed by atoms with Crippen molar-refractivity contribution in [2.75, 3.05) is 20.6 Å². The molecule has 0 aromatic heterocycles. The fourth-order valence-corrected chi connectivity index (χ4v) is 1.32. The van der Waals surface area contributed by atoms with Gasteiger partial charge in [0.15, 0.2) is 0 Å². The van der Waals surface area contributed by atoms with E-state index < -0.39 is 5.97 Å². The van der Waals surface area contributed by atoms with Crippen LogP contribution in [0.4, 0.5) is 4.79 Å². The van der Waals surface area contributed by atoms with Crippen LogP contribution >= 0.6 is 0 Å². The van der Waals surface area contributed by atoms with Gasteiger partial charge in [-0.05, 0) is 19.8 Å². The fraction of sp³-hybridized carbons (Fsp3) is 0.727. The first-order valence-corrected chi connectivity index (χ1v) is 5.80. The summed E-state index contributed by atoms with van der Waals surface area (Å²) in [5, 5.41) is 13.6. The molecule has 0 saturated heterocycles. The number of nitrogens with one attached hydrogen (secondary N) is 2. The van der Waals surface area contributed by atoms with E-state index in [4.69, 9.17) is 5.11 Å². The zero-order valence-electron chi connectivity index (χ0n) is 11.0. The van der Waals surface area contributed by atoms with Gasteiger partial charge < -0.3 is 20.6 Å². The molecule has 0 bridgehead atoms. The summed E-state index contributed by atoms with van der Waals surface area (Å²) in [5.74, 6) is -1.09. The van der Waals surface area contributed by atoms with Crippen LogP contribution < -0.4 is 10.6 Å². The highest BCUT2D eigenvalue weighted by atomic mass is 16.4. The van der Waals surface area contributed by atoms with Gasteiger partial charge in [0.1, 0.15) is 6.54 Å². The van der Waals surface area contributed by atoms with Crippen LogP contribution in [0, 0.1) is 0 Å². The van der Waals surface area contributed by atoms with Crippen LogP contribution in [-0.4, -0.2) is 54.6 Å². The third kappa shape index (κ3) is 7.48. The third-order valence-electron chi connectivity index (χ3n) is 2.40. The molecule has 0 heterocycles. The Hall–Kier alpha value is -1.79. The number of carboxylic acids is 1. The van der Waals surface area contributed by atoms with E-state index in [-0.39, 0.29) is 30.9 Å². The lowest BCUT2D eigenvalue weighted by Crippen LogP contribution is -2.45. The highest BCUT2D eigenvalue weighted by Gasteiger charge is 2.14. The Morgan fingerprint density at radius 3 is 2.44 bits per heavy atom. The normalized spacial score (nSPS) is 11.5. The van der Waals surface area contributed by atoms with Crippen LogP contribution in [0.2, 0.25) is 0 Å². The molecule has 104 valence electrons. The van der Waals surface area contributed by atoms with Crippen molar-refractivity contribution in [3.8, 4) is 0 Å². The smallest absolute Gasteiger partial charge is 0.317 e. The number of carboxylic acid groups (broad SMARTS) is 1. The molecule has 3 N–H and O–H groups in total. The highest BCUT2D eigenvalue weighted by molar-refractivity contribution is 5.83. The van der Waals surface area contributed by atoms with Crippen molar-refractivity contribution in [2.24, 2.45) is 0 Å². The van der Waals surface area contributed by atoms with E-state index in [1.807, 2.05) is 0 Å². The molecule has 0 aromatic rings. The Morgan fingerprint density at radius 1 is 1.33 bits per heavy atom. The third-order valence-corrected chi connectivity index (χ3v) is 2.40. The van der Waals surface area contributed by atoms with Gasteiger partial charge in [0.05, 0.1) is 0 Å². The SMILES string of the molecule is CNC(=O)CN(C)C(=O)NC(C)CCCC(=O)O. The summed E-state index contributed by atoms with van der Waals surface area (Å²) in [5.41, 5.74) is 0. The maximum absolute atomic E-state index is 11.6. The lowest BCUT2D eigenvalue weighted by molar-refractivity contribution is -0.137. The molecule has 1 atom stereocenters. The Bertz CT molecular complexity index is 307. The molecule has 0 rings (SSSR count). The summed E-state index contributed by atoms with van der Waals surface area (Å²) < 4.78 is 0. The fourth-order valence-electron chi connectivity index (χ4n) is 1.32. The summed E-state index contributed by atoms with van der Waals surface area (Å²) in [4.78, 5) is 34.3. The maximum atomic E-state index is 11.6. The number of rotatable bonds is 7. The van der Waals surface area contributed by atoms with Gasteiger partial charge >= 0.3 is 12.0 Å². The lowest BCUT2D eigenvalue weighted by atomic mass is 10.1. The average molecular weight is 259 g/mol. The monoisotopic (exact) mass is 259 g/mol. The van der Waals surface area contributed by atoms with Crippen molar-refractivity contribution in [3.63, 3.8) is 0 Å². The molecule has 18 heavy (non-hydrogen) atoms. The number of carbonyl (C=O) groups is 3. The highest BCUT2D eigenvalue weighted by Crippen LogP contribution is 2.01. The number of amides is 3. The van der Waals surface area contributed by atoms with Crippen LogP contribution in [-0.2, 0) is 9.59 Å². The van der Waals surface area contributed by atoms with Crippen molar-refractivity contribution >= 4 is 17.9 Å². The van der Waals surface area contributed by atoms with E-state index >= 15 is 0 Å². The van der Waals surface area contributed by atoms with Gasteiger partial charge in [-0.3, -0.25) is 9.59 Å². The molecule has 3 amide bonds. The molecule has 0 radical (unpaired) electrons. The van der Waals surface area contributed by atoms with Crippen LogP contribution in [0.3, 0.4) is 0 Å². The van der Waals surface area contributed by atoms with E-state index in [0.29, 0.717) is 12.8 Å². The molecule has 0 fully saturated rings. The molecule has 7 nitrogen and oxygen atoms in total. The Kier molecular flexibility index (Phi) is 7.50. The first-order valence-electron chi connectivity index (χ1n) is 5.80. The Morgan fingerprint density at radius 2 is 1.94 bits per heavy atom. The quantitative estimate of drug-likeness (QED) is 0.600. The van der Waals surface area contributed by atoms with Crippen LogP contribution in [0.15, 0.2) is 0 Å². The lowest BCUT2D eigenvalue weighted by Gasteiger charge is -2.20. The minimum absolute atomic E-state index is 0.00974. The van der Waals surface area contributed by atoms with Gasteiger partial charge in [-0.15, -0.1) is 0 Å². The number of nitrogens with zero attached hydrogens (tertiary/aromatic N) is 1. The second-order valence-corrected chi connectivity index (χ2v) is 4.17. The number of urea groups is 1. The maximum Gasteiger partial charge on any atom is 0.317 e. The minimum atomic E-state index is -0.842. The topological polar surface area (TPSA) is 98.7 Å². The molecular weight excluding hydrogens is 238 g/mol. The van der Waals surface area contributed by atoms with Gasteiger partial charge in [0.25, 0.3) is 0 Å². The van der Waals surface area contributed by atoms with Gasteiger partial charge in [-0.1, -0.05) is 0 Å². The standard InChI is InChI=1S/C11H21N3O4/c1-8(5-4-6-10(16)17)13-11(18)14(3)7-9(15)12-2/h8H,4-7H2,1-3H3,(H,12,15)(H,13,18)(H,16,17). The number of carbonyl (C=O) groups excluding carboxylic acids is 2. The largest absolute Gasteiger partial charge is 0.481 e. The van der Waals surface area contributed by atoms with Gasteiger partial charge in [0, 0.05) is 26.6 Å². The molecule has 1 unspecified atom stereocenters. The molecule has 7 heteroatoms. The van der Waals surface area contributed by atoms with E-state index in [1.54, 1.807) is 6.92 Å².